The summed E-state index contributed by atoms with van der Waals surface area (Å²) in [4.78, 5) is 0.00694. The molecule has 0 amide bonds. The van der Waals surface area contributed by atoms with Crippen molar-refractivity contribution in [1.29, 1.82) is 0 Å². The van der Waals surface area contributed by atoms with Crippen LogP contribution in [0.2, 0.25) is 0 Å². The quantitative estimate of drug-likeness (QED) is 0.811. The maximum absolute atomic E-state index is 13.6. The van der Waals surface area contributed by atoms with Crippen LogP contribution in [0.4, 0.5) is 10.1 Å². The number of hydrogen-bond acceptors (Lipinski definition) is 4. The molecular weight excluding hydrogens is 295 g/mol. The summed E-state index contributed by atoms with van der Waals surface area (Å²) < 4.78 is 40.3. The van der Waals surface area contributed by atoms with E-state index in [9.17, 15) is 17.9 Å². The molecule has 1 aromatic rings. The van der Waals surface area contributed by atoms with Gasteiger partial charge in [-0.1, -0.05) is 6.92 Å². The Morgan fingerprint density at radius 3 is 2.33 bits per heavy atom. The van der Waals surface area contributed by atoms with Crippen LogP contribution >= 0.6 is 0 Å². The van der Waals surface area contributed by atoms with Crippen molar-refractivity contribution in [3.63, 3.8) is 0 Å². The Kier molecular flexibility index (Phi) is 5.02. The van der Waals surface area contributed by atoms with Gasteiger partial charge in [-0.05, 0) is 44.9 Å². The van der Waals surface area contributed by atoms with Crippen LogP contribution in [0.3, 0.4) is 0 Å². The predicted molar refractivity (Wildman–Crippen MR) is 81.0 cm³/mol. The van der Waals surface area contributed by atoms with Crippen molar-refractivity contribution in [3.05, 3.63) is 23.0 Å². The third kappa shape index (κ3) is 3.72. The van der Waals surface area contributed by atoms with Crippen molar-refractivity contribution >= 4 is 15.7 Å². The van der Waals surface area contributed by atoms with E-state index < -0.39 is 21.4 Å². The van der Waals surface area contributed by atoms with Gasteiger partial charge in [0.25, 0.3) is 0 Å². The van der Waals surface area contributed by atoms with E-state index in [1.165, 1.54) is 32.0 Å². The fourth-order valence-corrected chi connectivity index (χ4v) is 4.30. The Morgan fingerprint density at radius 2 is 1.90 bits per heavy atom. The Hall–Kier alpha value is -1.18. The van der Waals surface area contributed by atoms with Crippen LogP contribution in [-0.2, 0) is 10.0 Å². The molecular formula is C14H23FN2O3S. The normalized spacial score (nSPS) is 13.0. The SMILES string of the molecule is CCN(CC(C)(C)O)S(=O)(=O)c1c(C)cc(F)c(N)c1C. The Morgan fingerprint density at radius 1 is 1.38 bits per heavy atom. The van der Waals surface area contributed by atoms with Crippen molar-refractivity contribution in [1.82, 2.24) is 4.31 Å². The van der Waals surface area contributed by atoms with E-state index in [0.29, 0.717) is 5.56 Å². The fraction of sp³-hybridized carbons (Fsp3) is 0.571. The van der Waals surface area contributed by atoms with E-state index in [2.05, 4.69) is 0 Å². The molecule has 7 heteroatoms. The summed E-state index contributed by atoms with van der Waals surface area (Å²) in [6.45, 7) is 7.90. The highest BCUT2D eigenvalue weighted by atomic mass is 32.2. The maximum Gasteiger partial charge on any atom is 0.243 e. The van der Waals surface area contributed by atoms with Crippen molar-refractivity contribution in [3.8, 4) is 0 Å². The zero-order chi connectivity index (χ0) is 16.6. The number of hydrogen-bond donors (Lipinski definition) is 2. The average Bonchev–Trinajstić information content (AvgIpc) is 2.31. The number of aryl methyl sites for hydroxylation is 1. The first-order chi connectivity index (χ1) is 9.41. The van der Waals surface area contributed by atoms with Gasteiger partial charge in [0.15, 0.2) is 0 Å². The van der Waals surface area contributed by atoms with Gasteiger partial charge in [-0.15, -0.1) is 0 Å². The van der Waals surface area contributed by atoms with Crippen LogP contribution in [0.5, 0.6) is 0 Å². The van der Waals surface area contributed by atoms with E-state index in [-0.39, 0.29) is 29.2 Å². The van der Waals surface area contributed by atoms with Crippen molar-refractivity contribution < 1.29 is 17.9 Å². The molecule has 0 spiro atoms. The van der Waals surface area contributed by atoms with E-state index >= 15 is 0 Å². The lowest BCUT2D eigenvalue weighted by Gasteiger charge is -2.28. The lowest BCUT2D eigenvalue weighted by molar-refractivity contribution is 0.0601. The van der Waals surface area contributed by atoms with E-state index in [1.807, 2.05) is 0 Å². The predicted octanol–water partition coefficient (Wildman–Crippen LogP) is 1.81. The van der Waals surface area contributed by atoms with Gasteiger partial charge in [0, 0.05) is 13.1 Å². The number of benzene rings is 1. The molecule has 0 aliphatic heterocycles. The molecule has 0 aromatic heterocycles. The maximum atomic E-state index is 13.6. The number of nitrogen functional groups attached to an aromatic ring is 1. The number of likely N-dealkylation sites (N-methyl/N-ethyl adjacent to an activating group) is 1. The third-order valence-corrected chi connectivity index (χ3v) is 5.43. The van der Waals surface area contributed by atoms with Gasteiger partial charge in [0.1, 0.15) is 5.82 Å². The summed E-state index contributed by atoms with van der Waals surface area (Å²) in [5.41, 5.74) is 4.77. The van der Waals surface area contributed by atoms with Crippen LogP contribution in [0, 0.1) is 19.7 Å². The fourth-order valence-electron chi connectivity index (χ4n) is 2.25. The summed E-state index contributed by atoms with van der Waals surface area (Å²) in [7, 11) is -3.86. The molecule has 0 fully saturated rings. The van der Waals surface area contributed by atoms with Crippen molar-refractivity contribution in [2.75, 3.05) is 18.8 Å². The zero-order valence-electron chi connectivity index (χ0n) is 13.1. The highest BCUT2D eigenvalue weighted by molar-refractivity contribution is 7.89. The molecule has 3 N–H and O–H groups in total. The first-order valence-electron chi connectivity index (χ1n) is 6.69. The van der Waals surface area contributed by atoms with Gasteiger partial charge < -0.3 is 10.8 Å². The minimum atomic E-state index is -3.86. The van der Waals surface area contributed by atoms with Crippen LogP contribution < -0.4 is 5.73 Å². The minimum Gasteiger partial charge on any atom is -0.396 e. The molecule has 120 valence electrons. The first kappa shape index (κ1) is 17.9. The zero-order valence-corrected chi connectivity index (χ0v) is 13.9. The molecule has 0 radical (unpaired) electrons. The highest BCUT2D eigenvalue weighted by Gasteiger charge is 2.31. The average molecular weight is 318 g/mol. The summed E-state index contributed by atoms with van der Waals surface area (Å²) in [6.07, 6.45) is 0. The number of sulfonamides is 1. The van der Waals surface area contributed by atoms with Crippen LogP contribution in [0.15, 0.2) is 11.0 Å². The summed E-state index contributed by atoms with van der Waals surface area (Å²) in [6, 6.07) is 1.12. The van der Waals surface area contributed by atoms with Crippen LogP contribution in [0.25, 0.3) is 0 Å². The van der Waals surface area contributed by atoms with Gasteiger partial charge in [-0.2, -0.15) is 4.31 Å². The van der Waals surface area contributed by atoms with E-state index in [1.54, 1.807) is 6.92 Å². The second-order valence-corrected chi connectivity index (χ2v) is 7.66. The molecule has 0 saturated heterocycles. The van der Waals surface area contributed by atoms with Crippen molar-refractivity contribution in [2.45, 2.75) is 45.1 Å². The number of rotatable bonds is 5. The summed E-state index contributed by atoms with van der Waals surface area (Å²) >= 11 is 0. The van der Waals surface area contributed by atoms with E-state index in [4.69, 9.17) is 5.73 Å². The largest absolute Gasteiger partial charge is 0.396 e. The smallest absolute Gasteiger partial charge is 0.243 e. The molecule has 0 aliphatic carbocycles. The molecule has 0 heterocycles. The number of nitrogens with two attached hydrogens (primary N) is 1. The first-order valence-corrected chi connectivity index (χ1v) is 8.13. The van der Waals surface area contributed by atoms with Crippen LogP contribution in [-0.4, -0.2) is 36.5 Å². The second kappa shape index (κ2) is 5.90. The monoisotopic (exact) mass is 318 g/mol. The van der Waals surface area contributed by atoms with Gasteiger partial charge in [0.2, 0.25) is 10.0 Å². The van der Waals surface area contributed by atoms with Crippen molar-refractivity contribution in [2.24, 2.45) is 0 Å². The highest BCUT2D eigenvalue weighted by Crippen LogP contribution is 2.30. The Balaban J connectivity index is 3.47. The van der Waals surface area contributed by atoms with Gasteiger partial charge in [-0.3, -0.25) is 0 Å². The topological polar surface area (TPSA) is 83.6 Å². The Bertz CT molecular complexity index is 637. The molecule has 1 aromatic carbocycles. The molecule has 0 aliphatic rings. The number of aliphatic hydroxyl groups is 1. The molecule has 21 heavy (non-hydrogen) atoms. The number of nitrogens with zero attached hydrogens (tertiary/aromatic N) is 1. The summed E-state index contributed by atoms with van der Waals surface area (Å²) in [5.74, 6) is -0.630. The van der Waals surface area contributed by atoms with E-state index in [0.717, 1.165) is 6.07 Å². The lowest BCUT2D eigenvalue weighted by atomic mass is 10.1. The second-order valence-electron chi connectivity index (χ2n) is 5.79. The van der Waals surface area contributed by atoms with Gasteiger partial charge >= 0.3 is 0 Å². The molecule has 5 nitrogen and oxygen atoms in total. The minimum absolute atomic E-state index is 0.00694. The lowest BCUT2D eigenvalue weighted by Crippen LogP contribution is -2.42. The molecule has 0 unspecified atom stereocenters. The number of anilines is 1. The molecule has 0 atom stereocenters. The summed E-state index contributed by atoms with van der Waals surface area (Å²) in [5, 5.41) is 9.88. The molecule has 0 bridgehead atoms. The third-order valence-electron chi connectivity index (χ3n) is 3.22. The van der Waals surface area contributed by atoms with Gasteiger partial charge in [0.05, 0.1) is 16.2 Å². The molecule has 0 saturated carbocycles. The van der Waals surface area contributed by atoms with Crippen LogP contribution in [0.1, 0.15) is 31.9 Å². The Labute approximate surface area is 125 Å². The molecule has 1 rings (SSSR count). The van der Waals surface area contributed by atoms with Gasteiger partial charge in [-0.25, -0.2) is 12.8 Å². The standard InChI is InChI=1S/C14H23FN2O3S/c1-6-17(8-14(4,5)18)21(19,20)13-9(2)7-11(15)12(16)10(13)3/h7,18H,6,8,16H2,1-5H3. The number of halogens is 1.